The predicted molar refractivity (Wildman–Crippen MR) is 121 cm³/mol. The maximum Gasteiger partial charge on any atom is 0.256 e. The van der Waals surface area contributed by atoms with Crippen LogP contribution in [-0.4, -0.2) is 26.7 Å². The summed E-state index contributed by atoms with van der Waals surface area (Å²) in [5.74, 6) is -0.419. The number of nitrogens with two attached hydrogens (primary N) is 1. The van der Waals surface area contributed by atoms with Gasteiger partial charge in [0.25, 0.3) is 5.91 Å². The lowest BCUT2D eigenvalue weighted by molar-refractivity contribution is -0.837. The molecule has 31 heavy (non-hydrogen) atoms. The van der Waals surface area contributed by atoms with Crippen LogP contribution in [0, 0.1) is 0 Å². The third-order valence-corrected chi connectivity index (χ3v) is 4.67. The molecule has 0 fully saturated rings. The highest BCUT2D eigenvalue weighted by atomic mass is 16.5. The van der Waals surface area contributed by atoms with Gasteiger partial charge >= 0.3 is 0 Å². The van der Waals surface area contributed by atoms with Crippen LogP contribution in [0.4, 0.5) is 0 Å². The molecule has 1 amide bonds. The van der Waals surface area contributed by atoms with Crippen LogP contribution in [0.1, 0.15) is 43.1 Å². The van der Waals surface area contributed by atoms with Gasteiger partial charge in [-0.2, -0.15) is 5.48 Å². The van der Waals surface area contributed by atoms with Crippen molar-refractivity contribution in [2.75, 3.05) is 0 Å². The molecule has 0 radical (unpaired) electrons. The Morgan fingerprint density at radius 3 is 2.81 bits per heavy atom. The van der Waals surface area contributed by atoms with E-state index in [9.17, 15) is 14.8 Å². The lowest BCUT2D eigenvalue weighted by Gasteiger charge is -2.15. The molecule has 0 aliphatic rings. The Morgan fingerprint density at radius 2 is 2.10 bits per heavy atom. The molecule has 0 bridgehead atoms. The molecule has 3 aromatic rings. The van der Waals surface area contributed by atoms with Gasteiger partial charge in [0.1, 0.15) is 17.4 Å². The number of hydrogen-bond donors (Lipinski definition) is 3. The third kappa shape index (κ3) is 4.96. The van der Waals surface area contributed by atoms with Crippen LogP contribution in [0.3, 0.4) is 0 Å². The Bertz CT molecular complexity index is 1210. The number of benzene rings is 1. The van der Waals surface area contributed by atoms with Crippen LogP contribution in [0.2, 0.25) is 0 Å². The summed E-state index contributed by atoms with van der Waals surface area (Å²) in [6.07, 6.45) is 9.59. The van der Waals surface area contributed by atoms with Crippen molar-refractivity contribution in [2.24, 2.45) is 0 Å². The van der Waals surface area contributed by atoms with Crippen molar-refractivity contribution in [1.82, 2.24) is 14.9 Å². The summed E-state index contributed by atoms with van der Waals surface area (Å²) in [5, 5.41) is 12.5. The van der Waals surface area contributed by atoms with Crippen molar-refractivity contribution >= 4 is 22.5 Å². The third-order valence-electron chi connectivity index (χ3n) is 4.67. The number of rotatable bonds is 7. The van der Waals surface area contributed by atoms with E-state index in [0.717, 1.165) is 28.7 Å². The van der Waals surface area contributed by atoms with Gasteiger partial charge in [0.15, 0.2) is 0 Å². The van der Waals surface area contributed by atoms with Crippen LogP contribution in [-0.2, 0) is 0 Å². The molecule has 1 aromatic carbocycles. The van der Waals surface area contributed by atoms with Crippen molar-refractivity contribution in [2.45, 2.75) is 33.2 Å². The fourth-order valence-corrected chi connectivity index (χ4v) is 3.27. The zero-order chi connectivity index (χ0) is 22.4. The highest BCUT2D eigenvalue weighted by molar-refractivity contribution is 5.97. The van der Waals surface area contributed by atoms with Crippen molar-refractivity contribution in [3.63, 3.8) is 0 Å². The van der Waals surface area contributed by atoms with E-state index in [0.29, 0.717) is 11.0 Å². The number of carbonyl (C=O) groups is 1. The van der Waals surface area contributed by atoms with Gasteiger partial charge in [-0.3, -0.25) is 9.59 Å². The van der Waals surface area contributed by atoms with Crippen LogP contribution in [0.15, 0.2) is 71.9 Å². The number of nitrogens with zero attached hydrogens (tertiary/aromatic N) is 2. The lowest BCUT2D eigenvalue weighted by Crippen LogP contribution is -2.73. The molecule has 2 aromatic heterocycles. The van der Waals surface area contributed by atoms with Crippen molar-refractivity contribution in [1.29, 1.82) is 0 Å². The molecule has 4 N–H and O–H groups in total. The molecule has 3 rings (SSSR count). The van der Waals surface area contributed by atoms with Gasteiger partial charge in [0.05, 0.1) is 5.39 Å². The van der Waals surface area contributed by atoms with E-state index >= 15 is 0 Å². The summed E-state index contributed by atoms with van der Waals surface area (Å²) in [4.78, 5) is 30.0. The highest BCUT2D eigenvalue weighted by Crippen LogP contribution is 2.21. The second-order valence-corrected chi connectivity index (χ2v) is 7.38. The van der Waals surface area contributed by atoms with E-state index < -0.39 is 5.91 Å². The van der Waals surface area contributed by atoms with E-state index in [1.165, 1.54) is 6.20 Å². The summed E-state index contributed by atoms with van der Waals surface area (Å²) in [5.41, 5.74) is 3.64. The standard InChI is InChI=1S/C24H26N4O3/c1-4-5-8-18(14-26-31)17-9-6-10-19(13-17)28-15-21(24(30)27-16(2)3)22(29)20-11-7-12-25-23(20)28/h5-16,26,31H,4H2,1-3H3,(H,27,30)/p+1/b8-5-,18-14+. The van der Waals surface area contributed by atoms with Gasteiger partial charge in [-0.25, -0.2) is 10.2 Å². The van der Waals surface area contributed by atoms with Crippen molar-refractivity contribution < 1.29 is 15.5 Å². The molecule has 2 heterocycles. The van der Waals surface area contributed by atoms with Gasteiger partial charge in [0.2, 0.25) is 5.43 Å². The van der Waals surface area contributed by atoms with Crippen molar-refractivity contribution in [3.05, 3.63) is 88.5 Å². The summed E-state index contributed by atoms with van der Waals surface area (Å²) in [6.45, 7) is 5.73. The van der Waals surface area contributed by atoms with Gasteiger partial charge < -0.3 is 9.88 Å². The largest absolute Gasteiger partial charge is 0.350 e. The molecule has 0 saturated carbocycles. The zero-order valence-corrected chi connectivity index (χ0v) is 17.9. The smallest absolute Gasteiger partial charge is 0.256 e. The number of quaternary nitrogens is 1. The maximum absolute atomic E-state index is 12.9. The number of hydroxylamine groups is 1. The highest BCUT2D eigenvalue weighted by Gasteiger charge is 2.17. The average Bonchev–Trinajstić information content (AvgIpc) is 2.76. The second-order valence-electron chi connectivity index (χ2n) is 7.38. The minimum atomic E-state index is -0.419. The molecule has 0 aliphatic heterocycles. The first-order valence-electron chi connectivity index (χ1n) is 10.2. The number of amides is 1. The SMILES string of the molecule is CC/C=C\C(=C/[NH2+]O)c1cccc(-n2cc(C(=O)NC(C)C)c(=O)c3cccnc32)c1. The number of aromatic nitrogens is 2. The van der Waals surface area contributed by atoms with E-state index in [-0.39, 0.29) is 17.0 Å². The van der Waals surface area contributed by atoms with Gasteiger partial charge in [-0.05, 0) is 50.1 Å². The summed E-state index contributed by atoms with van der Waals surface area (Å²) >= 11 is 0. The Morgan fingerprint density at radius 1 is 1.29 bits per heavy atom. The molecular weight excluding hydrogens is 392 g/mol. The Hall–Kier alpha value is -3.55. The number of pyridine rings is 2. The molecule has 0 unspecified atom stereocenters. The van der Waals surface area contributed by atoms with Gasteiger partial charge in [0, 0.05) is 29.7 Å². The molecule has 160 valence electrons. The van der Waals surface area contributed by atoms with Gasteiger partial charge in [-0.15, -0.1) is 0 Å². The van der Waals surface area contributed by atoms with E-state index in [2.05, 4.69) is 10.3 Å². The number of allylic oxidation sites excluding steroid dienone is 3. The maximum atomic E-state index is 12.9. The normalized spacial score (nSPS) is 12.1. The van der Waals surface area contributed by atoms with Crippen LogP contribution in [0.5, 0.6) is 0 Å². The minimum Gasteiger partial charge on any atom is -0.350 e. The monoisotopic (exact) mass is 419 g/mol. The molecule has 0 aliphatic carbocycles. The quantitative estimate of drug-likeness (QED) is 0.405. The summed E-state index contributed by atoms with van der Waals surface area (Å²) in [6, 6.07) is 10.9. The topological polar surface area (TPSA) is 101 Å². The van der Waals surface area contributed by atoms with Gasteiger partial charge in [-0.1, -0.05) is 31.2 Å². The first kappa shape index (κ1) is 22.1. The van der Waals surface area contributed by atoms with E-state index in [1.807, 2.05) is 57.2 Å². The number of nitrogens with one attached hydrogen (secondary N) is 1. The Kier molecular flexibility index (Phi) is 7.12. The molecule has 0 saturated heterocycles. The average molecular weight is 420 g/mol. The van der Waals surface area contributed by atoms with Crippen LogP contribution in [0.25, 0.3) is 22.3 Å². The van der Waals surface area contributed by atoms with E-state index in [4.69, 9.17) is 0 Å². The summed E-state index contributed by atoms with van der Waals surface area (Å²) < 4.78 is 1.75. The zero-order valence-electron chi connectivity index (χ0n) is 17.9. The molecular formula is C24H27N4O3+. The molecule has 7 heteroatoms. The first-order valence-corrected chi connectivity index (χ1v) is 10.2. The fraction of sp³-hybridized carbons (Fsp3) is 0.208. The fourth-order valence-electron chi connectivity index (χ4n) is 3.27. The number of carbonyl (C=O) groups excluding carboxylic acids is 1. The van der Waals surface area contributed by atoms with E-state index in [1.54, 1.807) is 29.1 Å². The van der Waals surface area contributed by atoms with Crippen molar-refractivity contribution in [3.8, 4) is 5.69 Å². The first-order chi connectivity index (χ1) is 15.0. The molecule has 7 nitrogen and oxygen atoms in total. The van der Waals surface area contributed by atoms with Crippen LogP contribution < -0.4 is 16.2 Å². The summed E-state index contributed by atoms with van der Waals surface area (Å²) in [7, 11) is 0. The Balaban J connectivity index is 2.22. The van der Waals surface area contributed by atoms with Crippen LogP contribution >= 0.6 is 0 Å². The number of hydrogen-bond acceptors (Lipinski definition) is 4. The lowest BCUT2D eigenvalue weighted by atomic mass is 10.0. The molecule has 0 spiro atoms. The molecule has 0 atom stereocenters. The minimum absolute atomic E-state index is 0.0601. The number of fused-ring (bicyclic) bond motifs is 1. The second kappa shape index (κ2) is 9.97. The predicted octanol–water partition coefficient (Wildman–Crippen LogP) is 2.78. The Labute approximate surface area is 180 Å².